The summed E-state index contributed by atoms with van der Waals surface area (Å²) in [4.78, 5) is 13.4. The van der Waals surface area contributed by atoms with Gasteiger partial charge >= 0.3 is 5.97 Å². The quantitative estimate of drug-likeness (QED) is 0.853. The normalized spacial score (nSPS) is 24.7. The van der Waals surface area contributed by atoms with Gasteiger partial charge < -0.3 is 10.0 Å². The summed E-state index contributed by atoms with van der Waals surface area (Å²) in [6.07, 6.45) is 1.74. The fraction of sp³-hybridized carbons (Fsp3) is 0.500. The Morgan fingerprint density at radius 1 is 1.35 bits per heavy atom. The molecule has 0 radical (unpaired) electrons. The molecule has 0 unspecified atom stereocenters. The number of hydrogen-bond donors (Lipinski definition) is 1. The first-order chi connectivity index (χ1) is 8.09. The van der Waals surface area contributed by atoms with Crippen molar-refractivity contribution in [2.45, 2.75) is 32.7 Å². The van der Waals surface area contributed by atoms with E-state index < -0.39 is 5.97 Å². The van der Waals surface area contributed by atoms with Crippen LogP contribution in [0.5, 0.6) is 0 Å². The summed E-state index contributed by atoms with van der Waals surface area (Å²) in [5.74, 6) is -0.917. The van der Waals surface area contributed by atoms with Crippen LogP contribution < -0.4 is 4.90 Å². The molecule has 1 fully saturated rings. The van der Waals surface area contributed by atoms with Gasteiger partial charge in [0.15, 0.2) is 0 Å². The zero-order valence-electron chi connectivity index (χ0n) is 10.4. The molecule has 3 heteroatoms. The van der Waals surface area contributed by atoms with Crippen molar-refractivity contribution in [2.75, 3.05) is 11.4 Å². The van der Waals surface area contributed by atoms with Crippen LogP contribution in [0.25, 0.3) is 0 Å². The van der Waals surface area contributed by atoms with Crippen LogP contribution in [-0.2, 0) is 4.79 Å². The number of carbonyl (C=O) groups is 1. The smallest absolute Gasteiger partial charge is 0.308 e. The number of rotatable bonds is 2. The average Bonchev–Trinajstić information content (AvgIpc) is 2.30. The largest absolute Gasteiger partial charge is 0.481 e. The fourth-order valence-electron chi connectivity index (χ4n) is 2.57. The average molecular weight is 233 g/mol. The molecular weight excluding hydrogens is 214 g/mol. The first-order valence-corrected chi connectivity index (χ1v) is 6.15. The number of benzene rings is 1. The molecule has 92 valence electrons. The third kappa shape index (κ3) is 2.43. The minimum atomic E-state index is -0.672. The lowest BCUT2D eigenvalue weighted by molar-refractivity contribution is -0.143. The second-order valence-corrected chi connectivity index (χ2v) is 4.86. The molecule has 0 saturated carbocycles. The molecule has 0 spiro atoms. The van der Waals surface area contributed by atoms with Gasteiger partial charge in [0, 0.05) is 18.3 Å². The Kier molecular flexibility index (Phi) is 3.36. The van der Waals surface area contributed by atoms with Crippen LogP contribution in [0.3, 0.4) is 0 Å². The highest BCUT2D eigenvalue weighted by molar-refractivity contribution is 5.72. The van der Waals surface area contributed by atoms with E-state index >= 15 is 0 Å². The van der Waals surface area contributed by atoms with Crippen molar-refractivity contribution in [3.05, 3.63) is 29.8 Å². The van der Waals surface area contributed by atoms with E-state index in [0.717, 1.165) is 25.1 Å². The maximum absolute atomic E-state index is 11.2. The summed E-state index contributed by atoms with van der Waals surface area (Å²) in [5, 5.41) is 9.19. The number of piperidine rings is 1. The molecule has 1 heterocycles. The lowest BCUT2D eigenvalue weighted by atomic mass is 9.90. The number of anilines is 1. The SMILES string of the molecule is Cc1ccc(N2CCC[C@H](C(=O)O)[C@H]2C)cc1. The van der Waals surface area contributed by atoms with E-state index in [1.54, 1.807) is 0 Å². The van der Waals surface area contributed by atoms with Gasteiger partial charge in [-0.15, -0.1) is 0 Å². The van der Waals surface area contributed by atoms with Crippen molar-refractivity contribution >= 4 is 11.7 Å². The Labute approximate surface area is 102 Å². The number of hydrogen-bond acceptors (Lipinski definition) is 2. The number of aliphatic carboxylic acids is 1. The van der Waals surface area contributed by atoms with Gasteiger partial charge in [-0.2, -0.15) is 0 Å². The second kappa shape index (κ2) is 4.78. The van der Waals surface area contributed by atoms with Crippen LogP contribution in [0.15, 0.2) is 24.3 Å². The Morgan fingerprint density at radius 2 is 2.00 bits per heavy atom. The predicted octanol–water partition coefficient (Wildman–Crippen LogP) is 2.68. The molecule has 2 rings (SSSR count). The minimum Gasteiger partial charge on any atom is -0.481 e. The molecule has 1 aromatic rings. The predicted molar refractivity (Wildman–Crippen MR) is 68.3 cm³/mol. The van der Waals surface area contributed by atoms with Gasteiger partial charge in [0.2, 0.25) is 0 Å². The van der Waals surface area contributed by atoms with Crippen LogP contribution in [0.2, 0.25) is 0 Å². The summed E-state index contributed by atoms with van der Waals surface area (Å²) < 4.78 is 0. The van der Waals surface area contributed by atoms with E-state index in [2.05, 4.69) is 36.1 Å². The maximum atomic E-state index is 11.2. The Hall–Kier alpha value is -1.51. The topological polar surface area (TPSA) is 40.5 Å². The minimum absolute atomic E-state index is 0.0731. The number of aryl methyl sites for hydroxylation is 1. The Balaban J connectivity index is 2.20. The molecule has 0 amide bonds. The molecule has 0 aliphatic carbocycles. The van der Waals surface area contributed by atoms with Gasteiger partial charge in [-0.3, -0.25) is 4.79 Å². The van der Waals surface area contributed by atoms with Gasteiger partial charge in [-0.25, -0.2) is 0 Å². The van der Waals surface area contributed by atoms with Gasteiger partial charge in [-0.1, -0.05) is 17.7 Å². The van der Waals surface area contributed by atoms with Crippen molar-refractivity contribution < 1.29 is 9.90 Å². The summed E-state index contributed by atoms with van der Waals surface area (Å²) >= 11 is 0. The molecule has 0 aromatic heterocycles. The van der Waals surface area contributed by atoms with Crippen LogP contribution in [0.4, 0.5) is 5.69 Å². The van der Waals surface area contributed by atoms with E-state index in [-0.39, 0.29) is 12.0 Å². The third-order valence-corrected chi connectivity index (χ3v) is 3.67. The molecule has 1 N–H and O–H groups in total. The number of nitrogens with zero attached hydrogens (tertiary/aromatic N) is 1. The van der Waals surface area contributed by atoms with Gasteiger partial charge in [0.05, 0.1) is 5.92 Å². The Morgan fingerprint density at radius 3 is 2.59 bits per heavy atom. The van der Waals surface area contributed by atoms with Gasteiger partial charge in [-0.05, 0) is 38.8 Å². The zero-order chi connectivity index (χ0) is 12.4. The van der Waals surface area contributed by atoms with Crippen molar-refractivity contribution in [1.82, 2.24) is 0 Å². The highest BCUT2D eigenvalue weighted by Gasteiger charge is 2.32. The van der Waals surface area contributed by atoms with Gasteiger partial charge in [0.1, 0.15) is 0 Å². The van der Waals surface area contributed by atoms with E-state index in [1.165, 1.54) is 5.56 Å². The molecule has 1 aliphatic heterocycles. The van der Waals surface area contributed by atoms with E-state index in [9.17, 15) is 9.90 Å². The lowest BCUT2D eigenvalue weighted by Crippen LogP contribution is -2.46. The highest BCUT2D eigenvalue weighted by atomic mass is 16.4. The fourth-order valence-corrected chi connectivity index (χ4v) is 2.57. The molecular formula is C14H19NO2. The first-order valence-electron chi connectivity index (χ1n) is 6.15. The van der Waals surface area contributed by atoms with Crippen molar-refractivity contribution in [1.29, 1.82) is 0 Å². The number of carboxylic acids is 1. The molecule has 1 aliphatic rings. The lowest BCUT2D eigenvalue weighted by Gasteiger charge is -2.39. The van der Waals surface area contributed by atoms with Crippen LogP contribution in [0, 0.1) is 12.8 Å². The third-order valence-electron chi connectivity index (χ3n) is 3.67. The summed E-state index contributed by atoms with van der Waals surface area (Å²) in [5.41, 5.74) is 2.36. The summed E-state index contributed by atoms with van der Waals surface area (Å²) in [6.45, 7) is 5.02. The molecule has 1 aromatic carbocycles. The van der Waals surface area contributed by atoms with Crippen molar-refractivity contribution in [3.63, 3.8) is 0 Å². The summed E-state index contributed by atoms with van der Waals surface area (Å²) in [6, 6.07) is 8.38. The van der Waals surface area contributed by atoms with Gasteiger partial charge in [0.25, 0.3) is 0 Å². The first kappa shape index (κ1) is 12.0. The zero-order valence-corrected chi connectivity index (χ0v) is 10.4. The highest BCUT2D eigenvalue weighted by Crippen LogP contribution is 2.28. The van der Waals surface area contributed by atoms with Crippen LogP contribution in [-0.4, -0.2) is 23.7 Å². The van der Waals surface area contributed by atoms with Crippen LogP contribution >= 0.6 is 0 Å². The number of carboxylic acid groups (broad SMARTS) is 1. The van der Waals surface area contributed by atoms with E-state index in [4.69, 9.17) is 0 Å². The monoisotopic (exact) mass is 233 g/mol. The van der Waals surface area contributed by atoms with E-state index in [1.807, 2.05) is 6.92 Å². The molecule has 17 heavy (non-hydrogen) atoms. The molecule has 1 saturated heterocycles. The standard InChI is InChI=1S/C14H19NO2/c1-10-5-7-12(8-6-10)15-9-3-4-13(11(15)2)14(16)17/h5-8,11,13H,3-4,9H2,1-2H3,(H,16,17)/t11-,13+/m1/s1. The second-order valence-electron chi connectivity index (χ2n) is 4.86. The molecule has 0 bridgehead atoms. The Bertz CT molecular complexity index is 399. The maximum Gasteiger partial charge on any atom is 0.308 e. The summed E-state index contributed by atoms with van der Waals surface area (Å²) in [7, 11) is 0. The molecule has 3 nitrogen and oxygen atoms in total. The van der Waals surface area contributed by atoms with E-state index in [0.29, 0.717) is 0 Å². The van der Waals surface area contributed by atoms with Crippen LogP contribution in [0.1, 0.15) is 25.3 Å². The van der Waals surface area contributed by atoms with Crippen molar-refractivity contribution in [3.8, 4) is 0 Å². The molecule has 2 atom stereocenters. The van der Waals surface area contributed by atoms with Crippen molar-refractivity contribution in [2.24, 2.45) is 5.92 Å².